The minimum absolute atomic E-state index is 0.0683. The smallest absolute Gasteiger partial charge is 0.246 e. The van der Waals surface area contributed by atoms with Crippen LogP contribution in [0.5, 0.6) is 0 Å². The first-order valence-electron chi connectivity index (χ1n) is 12.0. The van der Waals surface area contributed by atoms with Gasteiger partial charge in [0.25, 0.3) is 0 Å². The van der Waals surface area contributed by atoms with Crippen molar-refractivity contribution in [2.45, 2.75) is 45.4 Å². The molecule has 0 bridgehead atoms. The first kappa shape index (κ1) is 20.4. The van der Waals surface area contributed by atoms with Gasteiger partial charge in [-0.15, -0.1) is 0 Å². The molecule has 0 spiro atoms. The summed E-state index contributed by atoms with van der Waals surface area (Å²) in [5.74, 6) is 0. The second-order valence-corrected chi connectivity index (χ2v) is 11.1. The van der Waals surface area contributed by atoms with Gasteiger partial charge in [0.15, 0.2) is 0 Å². The van der Waals surface area contributed by atoms with Crippen molar-refractivity contribution in [3.8, 4) is 0 Å². The SMILES string of the molecule is CC(C)(C)c1ccc2c(c1)N1c3ccccc3B(c3ccccc3)c3cccc(c31)C2(C)C. The molecule has 33 heavy (non-hydrogen) atoms. The zero-order valence-electron chi connectivity index (χ0n) is 20.2. The Morgan fingerprint density at radius 2 is 1.36 bits per heavy atom. The largest absolute Gasteiger partial charge is 0.311 e. The fraction of sp³-hybridized carbons (Fsp3) is 0.226. The summed E-state index contributed by atoms with van der Waals surface area (Å²) in [4.78, 5) is 2.55. The van der Waals surface area contributed by atoms with Gasteiger partial charge in [-0.1, -0.05) is 119 Å². The Labute approximate surface area is 198 Å². The zero-order valence-corrected chi connectivity index (χ0v) is 20.2. The van der Waals surface area contributed by atoms with Gasteiger partial charge in [-0.05, 0) is 45.2 Å². The Morgan fingerprint density at radius 1 is 0.667 bits per heavy atom. The monoisotopic (exact) mass is 427 g/mol. The topological polar surface area (TPSA) is 3.24 Å². The molecule has 2 aliphatic heterocycles. The van der Waals surface area contributed by atoms with Gasteiger partial charge >= 0.3 is 0 Å². The van der Waals surface area contributed by atoms with Crippen LogP contribution < -0.4 is 21.3 Å². The Morgan fingerprint density at radius 3 is 2.12 bits per heavy atom. The highest BCUT2D eigenvalue weighted by molar-refractivity contribution is 6.98. The van der Waals surface area contributed by atoms with E-state index in [-0.39, 0.29) is 17.5 Å². The van der Waals surface area contributed by atoms with Gasteiger partial charge in [0.05, 0.1) is 5.69 Å². The number of nitrogens with zero attached hydrogens (tertiary/aromatic N) is 1. The van der Waals surface area contributed by atoms with Crippen molar-refractivity contribution >= 4 is 40.2 Å². The molecule has 2 heteroatoms. The summed E-state index contributed by atoms with van der Waals surface area (Å²) < 4.78 is 0. The van der Waals surface area contributed by atoms with E-state index in [0.29, 0.717) is 0 Å². The van der Waals surface area contributed by atoms with Crippen LogP contribution in [0, 0.1) is 0 Å². The maximum Gasteiger partial charge on any atom is 0.246 e. The zero-order chi connectivity index (χ0) is 23.0. The van der Waals surface area contributed by atoms with Crippen molar-refractivity contribution in [2.24, 2.45) is 0 Å². The number of para-hydroxylation sites is 2. The van der Waals surface area contributed by atoms with Crippen molar-refractivity contribution in [3.05, 3.63) is 108 Å². The van der Waals surface area contributed by atoms with Crippen LogP contribution >= 0.6 is 0 Å². The molecule has 0 amide bonds. The van der Waals surface area contributed by atoms with Crippen molar-refractivity contribution in [1.29, 1.82) is 0 Å². The van der Waals surface area contributed by atoms with E-state index in [1.54, 1.807) is 0 Å². The molecule has 6 rings (SSSR count). The van der Waals surface area contributed by atoms with Gasteiger partial charge < -0.3 is 4.90 Å². The van der Waals surface area contributed by atoms with Gasteiger partial charge in [0.1, 0.15) is 0 Å². The molecule has 4 aromatic carbocycles. The van der Waals surface area contributed by atoms with Crippen LogP contribution in [-0.2, 0) is 10.8 Å². The van der Waals surface area contributed by atoms with E-state index in [0.717, 1.165) is 0 Å². The van der Waals surface area contributed by atoms with E-state index < -0.39 is 0 Å². The average molecular weight is 427 g/mol. The molecule has 4 aromatic rings. The minimum atomic E-state index is -0.0683. The van der Waals surface area contributed by atoms with Crippen LogP contribution in [0.4, 0.5) is 17.1 Å². The highest BCUT2D eigenvalue weighted by Gasteiger charge is 2.44. The van der Waals surface area contributed by atoms with Gasteiger partial charge in [-0.25, -0.2) is 0 Å². The molecule has 2 heterocycles. The maximum absolute atomic E-state index is 2.55. The van der Waals surface area contributed by atoms with E-state index in [4.69, 9.17) is 0 Å². The lowest BCUT2D eigenvalue weighted by Gasteiger charge is -2.47. The highest BCUT2D eigenvalue weighted by Crippen LogP contribution is 2.52. The lowest BCUT2D eigenvalue weighted by molar-refractivity contribution is 0.586. The molecule has 0 unspecified atom stereocenters. The molecule has 162 valence electrons. The van der Waals surface area contributed by atoms with Gasteiger partial charge in [-0.3, -0.25) is 0 Å². The Kier molecular flexibility index (Phi) is 4.24. The summed E-state index contributed by atoms with van der Waals surface area (Å²) >= 11 is 0. The van der Waals surface area contributed by atoms with E-state index >= 15 is 0 Å². The normalized spacial score (nSPS) is 15.5. The van der Waals surface area contributed by atoms with Crippen LogP contribution in [0.2, 0.25) is 0 Å². The molecule has 0 saturated carbocycles. The highest BCUT2D eigenvalue weighted by atomic mass is 15.2. The lowest BCUT2D eigenvalue weighted by Crippen LogP contribution is -2.58. The molecule has 0 saturated heterocycles. The Balaban J connectivity index is 1.71. The summed E-state index contributed by atoms with van der Waals surface area (Å²) in [5.41, 5.74) is 12.3. The molecule has 2 aliphatic rings. The Bertz CT molecular complexity index is 1380. The summed E-state index contributed by atoms with van der Waals surface area (Å²) in [5, 5.41) is 0. The van der Waals surface area contributed by atoms with Crippen molar-refractivity contribution < 1.29 is 0 Å². The second kappa shape index (κ2) is 6.87. The molecule has 0 aliphatic carbocycles. The lowest BCUT2D eigenvalue weighted by atomic mass is 9.34. The standard InChI is InChI=1S/C31H30BN/c1-30(2,3)21-18-19-23-28(20-21)33-27-17-10-9-15-25(27)32(22-12-7-6-8-13-22)26-16-11-14-24(29(26)33)31(23,4)5/h6-20H,1-5H3. The van der Waals surface area contributed by atoms with Crippen molar-refractivity contribution in [1.82, 2.24) is 0 Å². The summed E-state index contributed by atoms with van der Waals surface area (Å²) in [7, 11) is 0. The predicted octanol–water partition coefficient (Wildman–Crippen LogP) is 5.92. The third-order valence-corrected chi connectivity index (χ3v) is 7.67. The Hall–Kier alpha value is -3.26. The van der Waals surface area contributed by atoms with Gasteiger partial charge in [0.2, 0.25) is 6.71 Å². The van der Waals surface area contributed by atoms with E-state index in [2.05, 4.69) is 131 Å². The number of benzene rings is 4. The first-order chi connectivity index (χ1) is 15.8. The second-order valence-electron chi connectivity index (χ2n) is 11.1. The van der Waals surface area contributed by atoms with E-state index in [9.17, 15) is 0 Å². The van der Waals surface area contributed by atoms with Crippen molar-refractivity contribution in [2.75, 3.05) is 4.90 Å². The number of fused-ring (bicyclic) bond motifs is 4. The molecule has 0 atom stereocenters. The molecular formula is C31H30BN. The van der Waals surface area contributed by atoms with Crippen molar-refractivity contribution in [3.63, 3.8) is 0 Å². The third kappa shape index (κ3) is 2.86. The molecule has 0 aromatic heterocycles. The fourth-order valence-corrected chi connectivity index (χ4v) is 5.88. The predicted molar refractivity (Wildman–Crippen MR) is 143 cm³/mol. The van der Waals surface area contributed by atoms with Crippen LogP contribution in [0.25, 0.3) is 0 Å². The summed E-state index contributed by atoms with van der Waals surface area (Å²) in [6.45, 7) is 11.9. The van der Waals surface area contributed by atoms with Crippen LogP contribution in [-0.4, -0.2) is 6.71 Å². The van der Waals surface area contributed by atoms with Crippen LogP contribution in [0.3, 0.4) is 0 Å². The third-order valence-electron chi connectivity index (χ3n) is 7.67. The van der Waals surface area contributed by atoms with E-state index in [1.807, 2.05) is 0 Å². The number of anilines is 3. The molecule has 0 N–H and O–H groups in total. The summed E-state index contributed by atoms with van der Waals surface area (Å²) in [6.07, 6.45) is 0. The number of hydrogen-bond donors (Lipinski definition) is 0. The minimum Gasteiger partial charge on any atom is -0.311 e. The fourth-order valence-electron chi connectivity index (χ4n) is 5.88. The molecule has 0 fully saturated rings. The average Bonchev–Trinajstić information content (AvgIpc) is 2.81. The maximum atomic E-state index is 2.55. The van der Waals surface area contributed by atoms with Gasteiger partial charge in [-0.2, -0.15) is 0 Å². The van der Waals surface area contributed by atoms with Gasteiger partial charge in [0, 0.05) is 16.8 Å². The quantitative estimate of drug-likeness (QED) is 0.300. The molecular weight excluding hydrogens is 397 g/mol. The van der Waals surface area contributed by atoms with Crippen LogP contribution in [0.15, 0.2) is 91.0 Å². The van der Waals surface area contributed by atoms with Crippen LogP contribution in [0.1, 0.15) is 51.3 Å². The first-order valence-corrected chi connectivity index (χ1v) is 12.0. The summed E-state index contributed by atoms with van der Waals surface area (Å²) in [6, 6.07) is 34.0. The number of hydrogen-bond acceptors (Lipinski definition) is 1. The molecule has 0 radical (unpaired) electrons. The number of rotatable bonds is 1. The molecule has 1 nitrogen and oxygen atoms in total. The van der Waals surface area contributed by atoms with E-state index in [1.165, 1.54) is 50.1 Å².